The summed E-state index contributed by atoms with van der Waals surface area (Å²) < 4.78 is 1.17. The Morgan fingerprint density at radius 2 is 1.95 bits per heavy atom. The predicted octanol–water partition coefficient (Wildman–Crippen LogP) is 4.75. The smallest absolute Gasteiger partial charge is 0.0328 e. The second-order valence-electron chi connectivity index (χ2n) is 6.58. The highest BCUT2D eigenvalue weighted by Gasteiger charge is 2.34. The van der Waals surface area contributed by atoms with Gasteiger partial charge in [-0.3, -0.25) is 0 Å². The van der Waals surface area contributed by atoms with Crippen molar-refractivity contribution >= 4 is 15.9 Å². The third-order valence-corrected chi connectivity index (χ3v) is 5.56. The van der Waals surface area contributed by atoms with Gasteiger partial charge in [-0.15, -0.1) is 0 Å². The van der Waals surface area contributed by atoms with Crippen molar-refractivity contribution in [2.45, 2.75) is 57.0 Å². The number of nitrogens with zero attached hydrogens (tertiary/aromatic N) is 1. The molecule has 1 saturated carbocycles. The van der Waals surface area contributed by atoms with Gasteiger partial charge in [0.15, 0.2) is 0 Å². The predicted molar refractivity (Wildman–Crippen MR) is 94.7 cm³/mol. The summed E-state index contributed by atoms with van der Waals surface area (Å²) in [5, 5.41) is 3.84. The molecule has 1 aromatic rings. The van der Waals surface area contributed by atoms with Gasteiger partial charge < -0.3 is 10.2 Å². The lowest BCUT2D eigenvalue weighted by atomic mass is 9.80. The van der Waals surface area contributed by atoms with E-state index in [1.807, 2.05) is 0 Å². The molecule has 0 spiro atoms. The van der Waals surface area contributed by atoms with E-state index in [4.69, 9.17) is 0 Å². The lowest BCUT2D eigenvalue weighted by molar-refractivity contribution is 0.0949. The van der Waals surface area contributed by atoms with E-state index in [2.05, 4.69) is 71.4 Å². The molecular formula is C18H29BrN2. The Hall–Kier alpha value is -0.380. The molecule has 21 heavy (non-hydrogen) atoms. The molecule has 0 aromatic heterocycles. The van der Waals surface area contributed by atoms with E-state index >= 15 is 0 Å². The van der Waals surface area contributed by atoms with Gasteiger partial charge in [-0.1, -0.05) is 54.2 Å². The van der Waals surface area contributed by atoms with E-state index in [1.165, 1.54) is 42.1 Å². The van der Waals surface area contributed by atoms with Crippen molar-refractivity contribution in [2.75, 3.05) is 20.6 Å². The van der Waals surface area contributed by atoms with Crippen molar-refractivity contribution < 1.29 is 0 Å². The summed E-state index contributed by atoms with van der Waals surface area (Å²) in [5.41, 5.74) is 1.73. The molecule has 118 valence electrons. The molecule has 1 unspecified atom stereocenters. The van der Waals surface area contributed by atoms with Crippen LogP contribution in [0, 0.1) is 0 Å². The highest BCUT2D eigenvalue weighted by atomic mass is 79.9. The maximum atomic E-state index is 3.84. The van der Waals surface area contributed by atoms with Crippen molar-refractivity contribution in [2.24, 2.45) is 0 Å². The summed E-state index contributed by atoms with van der Waals surface area (Å²) in [7, 11) is 4.49. The van der Waals surface area contributed by atoms with Crippen LogP contribution in [0.2, 0.25) is 0 Å². The summed E-state index contributed by atoms with van der Waals surface area (Å²) in [6, 6.07) is 9.14. The van der Waals surface area contributed by atoms with E-state index < -0.39 is 0 Å². The lowest BCUT2D eigenvalue weighted by Gasteiger charge is -2.44. The quantitative estimate of drug-likeness (QED) is 0.794. The minimum Gasteiger partial charge on any atom is -0.308 e. The van der Waals surface area contributed by atoms with Gasteiger partial charge in [0.05, 0.1) is 0 Å². The average molecular weight is 353 g/mol. The van der Waals surface area contributed by atoms with Gasteiger partial charge in [0.25, 0.3) is 0 Å². The Kier molecular flexibility index (Phi) is 6.27. The van der Waals surface area contributed by atoms with E-state index in [-0.39, 0.29) is 0 Å². The molecule has 1 fully saturated rings. The van der Waals surface area contributed by atoms with Gasteiger partial charge in [-0.05, 0) is 51.1 Å². The zero-order valence-corrected chi connectivity index (χ0v) is 15.2. The van der Waals surface area contributed by atoms with Gasteiger partial charge >= 0.3 is 0 Å². The minimum atomic E-state index is 0.345. The number of halogens is 1. The van der Waals surface area contributed by atoms with Crippen LogP contribution >= 0.6 is 15.9 Å². The molecule has 0 bridgehead atoms. The first-order valence-electron chi connectivity index (χ1n) is 8.24. The van der Waals surface area contributed by atoms with Crippen LogP contribution in [0.25, 0.3) is 0 Å². The van der Waals surface area contributed by atoms with Crippen LogP contribution in [-0.2, 0) is 0 Å². The number of benzene rings is 1. The monoisotopic (exact) mass is 352 g/mol. The SMILES string of the molecule is CCC(NCC1(N(C)C)CCCCC1)c1cccc(Br)c1. The maximum Gasteiger partial charge on any atom is 0.0328 e. The van der Waals surface area contributed by atoms with Gasteiger partial charge in [-0.2, -0.15) is 0 Å². The average Bonchev–Trinajstić information content (AvgIpc) is 2.49. The van der Waals surface area contributed by atoms with E-state index in [0.717, 1.165) is 13.0 Å². The topological polar surface area (TPSA) is 15.3 Å². The van der Waals surface area contributed by atoms with E-state index in [1.54, 1.807) is 0 Å². The zero-order valence-electron chi connectivity index (χ0n) is 13.7. The fraction of sp³-hybridized carbons (Fsp3) is 0.667. The van der Waals surface area contributed by atoms with Crippen LogP contribution < -0.4 is 5.32 Å². The summed E-state index contributed by atoms with van der Waals surface area (Å²) >= 11 is 3.59. The molecule has 1 N–H and O–H groups in total. The summed E-state index contributed by atoms with van der Waals surface area (Å²) in [6.07, 6.45) is 7.91. The number of rotatable bonds is 6. The largest absolute Gasteiger partial charge is 0.308 e. The van der Waals surface area contributed by atoms with Crippen LogP contribution in [0.15, 0.2) is 28.7 Å². The van der Waals surface area contributed by atoms with Gasteiger partial charge in [-0.25, -0.2) is 0 Å². The molecule has 1 aliphatic rings. The standard InChI is InChI=1S/C18H29BrN2/c1-4-17(15-9-8-10-16(19)13-15)20-14-18(21(2)3)11-6-5-7-12-18/h8-10,13,17,20H,4-7,11-12,14H2,1-3H3. The molecule has 2 rings (SSSR count). The third kappa shape index (κ3) is 4.30. The molecule has 0 heterocycles. The second-order valence-corrected chi connectivity index (χ2v) is 7.49. The Labute approximate surface area is 138 Å². The zero-order chi connectivity index (χ0) is 15.3. The van der Waals surface area contributed by atoms with Crippen molar-refractivity contribution in [1.29, 1.82) is 0 Å². The first-order valence-corrected chi connectivity index (χ1v) is 9.03. The Balaban J connectivity index is 2.04. The number of hydrogen-bond acceptors (Lipinski definition) is 2. The maximum absolute atomic E-state index is 3.84. The molecule has 0 radical (unpaired) electrons. The van der Waals surface area contributed by atoms with Gasteiger partial charge in [0, 0.05) is 22.6 Å². The highest BCUT2D eigenvalue weighted by molar-refractivity contribution is 9.10. The molecule has 0 amide bonds. The van der Waals surface area contributed by atoms with Crippen LogP contribution in [0.4, 0.5) is 0 Å². The van der Waals surface area contributed by atoms with E-state index in [9.17, 15) is 0 Å². The van der Waals surface area contributed by atoms with Crippen LogP contribution in [0.1, 0.15) is 57.1 Å². The molecule has 3 heteroatoms. The normalized spacial score (nSPS) is 19.7. The molecule has 2 nitrogen and oxygen atoms in total. The Morgan fingerprint density at radius 1 is 1.24 bits per heavy atom. The molecular weight excluding hydrogens is 324 g/mol. The Bertz CT molecular complexity index is 439. The van der Waals surface area contributed by atoms with Gasteiger partial charge in [0.2, 0.25) is 0 Å². The lowest BCUT2D eigenvalue weighted by Crippen LogP contribution is -2.53. The highest BCUT2D eigenvalue weighted by Crippen LogP contribution is 2.32. The molecule has 0 saturated heterocycles. The van der Waals surface area contributed by atoms with Crippen molar-refractivity contribution in [3.05, 3.63) is 34.3 Å². The molecule has 0 aliphatic heterocycles. The van der Waals surface area contributed by atoms with Crippen LogP contribution in [0.3, 0.4) is 0 Å². The first-order chi connectivity index (χ1) is 10.1. The molecule has 1 aromatic carbocycles. The number of hydrogen-bond donors (Lipinski definition) is 1. The summed E-state index contributed by atoms with van der Waals surface area (Å²) in [5.74, 6) is 0. The van der Waals surface area contributed by atoms with E-state index in [0.29, 0.717) is 11.6 Å². The number of nitrogens with one attached hydrogen (secondary N) is 1. The summed E-state index contributed by atoms with van der Waals surface area (Å²) in [4.78, 5) is 2.45. The molecule has 1 aliphatic carbocycles. The third-order valence-electron chi connectivity index (χ3n) is 5.07. The fourth-order valence-corrected chi connectivity index (χ4v) is 3.94. The minimum absolute atomic E-state index is 0.345. The van der Waals surface area contributed by atoms with Crippen LogP contribution in [0.5, 0.6) is 0 Å². The Morgan fingerprint density at radius 3 is 2.52 bits per heavy atom. The first kappa shape index (κ1) is 17.0. The molecule has 1 atom stereocenters. The second kappa shape index (κ2) is 7.75. The van der Waals surface area contributed by atoms with Crippen molar-refractivity contribution in [1.82, 2.24) is 10.2 Å². The van der Waals surface area contributed by atoms with Crippen molar-refractivity contribution in [3.8, 4) is 0 Å². The van der Waals surface area contributed by atoms with Crippen molar-refractivity contribution in [3.63, 3.8) is 0 Å². The fourth-order valence-electron chi connectivity index (χ4n) is 3.53. The number of likely N-dealkylation sites (N-methyl/N-ethyl adjacent to an activating group) is 1. The van der Waals surface area contributed by atoms with Gasteiger partial charge in [0.1, 0.15) is 0 Å². The summed E-state index contributed by atoms with van der Waals surface area (Å²) in [6.45, 7) is 3.35. The van der Waals surface area contributed by atoms with Crippen LogP contribution in [-0.4, -0.2) is 31.1 Å².